The van der Waals surface area contributed by atoms with E-state index in [0.717, 1.165) is 23.4 Å². The maximum atomic E-state index is 13.1. The second kappa shape index (κ2) is 7.98. The number of rotatable bonds is 6. The van der Waals surface area contributed by atoms with Gasteiger partial charge in [-0.15, -0.1) is 0 Å². The lowest BCUT2D eigenvalue weighted by Crippen LogP contribution is -2.43. The molecule has 5 heteroatoms. The summed E-state index contributed by atoms with van der Waals surface area (Å²) in [6.45, 7) is 4.94. The van der Waals surface area contributed by atoms with Crippen molar-refractivity contribution in [2.24, 2.45) is 5.92 Å². The summed E-state index contributed by atoms with van der Waals surface area (Å²) in [6.07, 6.45) is 4.85. The maximum Gasteiger partial charge on any atom is 0.251 e. The smallest absolute Gasteiger partial charge is 0.251 e. The van der Waals surface area contributed by atoms with Crippen molar-refractivity contribution in [3.05, 3.63) is 70.8 Å². The van der Waals surface area contributed by atoms with E-state index in [-0.39, 0.29) is 17.2 Å². The van der Waals surface area contributed by atoms with Gasteiger partial charge in [-0.25, -0.2) is 0 Å². The average molecular weight is 405 g/mol. The van der Waals surface area contributed by atoms with Crippen LogP contribution in [0.1, 0.15) is 58.5 Å². The molecule has 30 heavy (non-hydrogen) atoms. The summed E-state index contributed by atoms with van der Waals surface area (Å²) >= 11 is 0. The van der Waals surface area contributed by atoms with Crippen LogP contribution in [0, 0.1) is 5.92 Å². The lowest BCUT2D eigenvalue weighted by Gasteiger charge is -2.35. The first kappa shape index (κ1) is 20.2. The molecule has 0 unspecified atom stereocenters. The predicted octanol–water partition coefficient (Wildman–Crippen LogP) is 3.98. The van der Waals surface area contributed by atoms with Crippen LogP contribution in [0.4, 0.5) is 0 Å². The first-order valence-corrected chi connectivity index (χ1v) is 10.4. The van der Waals surface area contributed by atoms with Gasteiger partial charge in [0.1, 0.15) is 5.75 Å². The number of ether oxygens (including phenoxy) is 1. The quantitative estimate of drug-likeness (QED) is 0.564. The van der Waals surface area contributed by atoms with E-state index in [0.29, 0.717) is 23.6 Å². The summed E-state index contributed by atoms with van der Waals surface area (Å²) in [5, 5.41) is 6.44. The Morgan fingerprint density at radius 3 is 2.67 bits per heavy atom. The average Bonchev–Trinajstić information content (AvgIpc) is 3.55. The van der Waals surface area contributed by atoms with Crippen molar-refractivity contribution < 1.29 is 14.3 Å². The molecule has 1 aliphatic carbocycles. The van der Waals surface area contributed by atoms with Crippen molar-refractivity contribution in [2.75, 3.05) is 13.7 Å². The SMILES string of the molecule is COc1ccc2c(c1)C(=CC(=O)c1cccc(C(=O)NCC3CC3)c1)NC(C)(C)C2. The molecule has 5 nitrogen and oxygen atoms in total. The minimum Gasteiger partial charge on any atom is -0.497 e. The van der Waals surface area contributed by atoms with Gasteiger partial charge in [-0.2, -0.15) is 0 Å². The Labute approximate surface area is 177 Å². The fraction of sp³-hybridized carbons (Fsp3) is 0.360. The van der Waals surface area contributed by atoms with Gasteiger partial charge in [0.25, 0.3) is 5.91 Å². The van der Waals surface area contributed by atoms with Crippen molar-refractivity contribution in [1.29, 1.82) is 0 Å². The van der Waals surface area contributed by atoms with Crippen LogP contribution in [0.15, 0.2) is 48.5 Å². The van der Waals surface area contributed by atoms with Gasteiger partial charge in [0.15, 0.2) is 5.78 Å². The van der Waals surface area contributed by atoms with Crippen LogP contribution in [0.25, 0.3) is 5.70 Å². The number of nitrogens with one attached hydrogen (secondary N) is 2. The molecule has 156 valence electrons. The van der Waals surface area contributed by atoms with Crippen LogP contribution in [-0.4, -0.2) is 30.9 Å². The third-order valence-corrected chi connectivity index (χ3v) is 5.65. The Morgan fingerprint density at radius 1 is 1.17 bits per heavy atom. The van der Waals surface area contributed by atoms with Crippen molar-refractivity contribution in [3.8, 4) is 5.75 Å². The molecule has 0 aromatic heterocycles. The molecule has 1 fully saturated rings. The summed E-state index contributed by atoms with van der Waals surface area (Å²) in [4.78, 5) is 25.5. The normalized spacial score (nSPS) is 18.3. The van der Waals surface area contributed by atoms with E-state index in [9.17, 15) is 9.59 Å². The van der Waals surface area contributed by atoms with E-state index < -0.39 is 0 Å². The molecule has 4 rings (SSSR count). The highest BCUT2D eigenvalue weighted by Crippen LogP contribution is 2.32. The first-order valence-electron chi connectivity index (χ1n) is 10.4. The molecule has 2 aliphatic rings. The predicted molar refractivity (Wildman–Crippen MR) is 118 cm³/mol. The molecule has 0 bridgehead atoms. The fourth-order valence-corrected chi connectivity index (χ4v) is 3.84. The largest absolute Gasteiger partial charge is 0.497 e. The molecule has 1 aliphatic heterocycles. The Balaban J connectivity index is 1.60. The third-order valence-electron chi connectivity index (χ3n) is 5.65. The zero-order chi connectivity index (χ0) is 21.3. The highest BCUT2D eigenvalue weighted by atomic mass is 16.5. The second-order valence-electron chi connectivity index (χ2n) is 8.87. The molecule has 1 saturated carbocycles. The van der Waals surface area contributed by atoms with Gasteiger partial charge in [-0.1, -0.05) is 18.2 Å². The van der Waals surface area contributed by atoms with Gasteiger partial charge in [-0.05, 0) is 68.9 Å². The number of fused-ring (bicyclic) bond motifs is 1. The van der Waals surface area contributed by atoms with Gasteiger partial charge in [0.2, 0.25) is 0 Å². The Bertz CT molecular complexity index is 1020. The Kier molecular flexibility index (Phi) is 5.37. The van der Waals surface area contributed by atoms with E-state index in [1.54, 1.807) is 37.5 Å². The number of methoxy groups -OCH3 is 1. The topological polar surface area (TPSA) is 67.4 Å². The minimum absolute atomic E-state index is 0.129. The molecular weight excluding hydrogens is 376 g/mol. The molecule has 2 N–H and O–H groups in total. The zero-order valence-corrected chi connectivity index (χ0v) is 17.7. The third kappa shape index (κ3) is 4.56. The second-order valence-corrected chi connectivity index (χ2v) is 8.87. The molecule has 0 saturated heterocycles. The monoisotopic (exact) mass is 404 g/mol. The van der Waals surface area contributed by atoms with Gasteiger partial charge in [-0.3, -0.25) is 9.59 Å². The number of amides is 1. The molecular formula is C25H28N2O3. The van der Waals surface area contributed by atoms with Crippen molar-refractivity contribution >= 4 is 17.4 Å². The zero-order valence-electron chi connectivity index (χ0n) is 17.7. The van der Waals surface area contributed by atoms with Crippen LogP contribution in [0.2, 0.25) is 0 Å². The van der Waals surface area contributed by atoms with Crippen LogP contribution >= 0.6 is 0 Å². The summed E-state index contributed by atoms with van der Waals surface area (Å²) in [5.74, 6) is 1.10. The van der Waals surface area contributed by atoms with Crippen LogP contribution in [-0.2, 0) is 6.42 Å². The van der Waals surface area contributed by atoms with Crippen LogP contribution in [0.3, 0.4) is 0 Å². The fourth-order valence-electron chi connectivity index (χ4n) is 3.84. The molecule has 2 aromatic rings. The molecule has 2 aromatic carbocycles. The van der Waals surface area contributed by atoms with Crippen molar-refractivity contribution in [1.82, 2.24) is 10.6 Å². The lowest BCUT2D eigenvalue weighted by molar-refractivity contribution is 0.0952. The highest BCUT2D eigenvalue weighted by molar-refractivity contribution is 6.10. The van der Waals surface area contributed by atoms with Gasteiger partial charge < -0.3 is 15.4 Å². The minimum atomic E-state index is -0.168. The molecule has 1 heterocycles. The van der Waals surface area contributed by atoms with E-state index in [1.807, 2.05) is 12.1 Å². The van der Waals surface area contributed by atoms with Gasteiger partial charge in [0.05, 0.1) is 7.11 Å². The highest BCUT2D eigenvalue weighted by Gasteiger charge is 2.28. The number of allylic oxidation sites excluding steroid dienone is 1. The van der Waals surface area contributed by atoms with E-state index >= 15 is 0 Å². The van der Waals surface area contributed by atoms with Crippen LogP contribution in [0.5, 0.6) is 5.75 Å². The summed E-state index contributed by atoms with van der Waals surface area (Å²) < 4.78 is 5.37. The molecule has 0 spiro atoms. The molecule has 0 radical (unpaired) electrons. The van der Waals surface area contributed by atoms with Crippen molar-refractivity contribution in [3.63, 3.8) is 0 Å². The van der Waals surface area contributed by atoms with Crippen molar-refractivity contribution in [2.45, 2.75) is 38.6 Å². The Hall–Kier alpha value is -3.08. The van der Waals surface area contributed by atoms with E-state index in [2.05, 4.69) is 30.5 Å². The summed E-state index contributed by atoms with van der Waals surface area (Å²) in [6, 6.07) is 12.9. The number of hydrogen-bond donors (Lipinski definition) is 2. The Morgan fingerprint density at radius 2 is 1.93 bits per heavy atom. The maximum absolute atomic E-state index is 13.1. The number of carbonyl (C=O) groups excluding carboxylic acids is 2. The van der Waals surface area contributed by atoms with Crippen LogP contribution < -0.4 is 15.4 Å². The first-order chi connectivity index (χ1) is 14.3. The van der Waals surface area contributed by atoms with Gasteiger partial charge >= 0.3 is 0 Å². The summed E-state index contributed by atoms with van der Waals surface area (Å²) in [5.41, 5.74) is 3.76. The number of hydrogen-bond acceptors (Lipinski definition) is 4. The van der Waals surface area contributed by atoms with Gasteiger partial charge in [0, 0.05) is 40.5 Å². The molecule has 1 amide bonds. The van der Waals surface area contributed by atoms with E-state index in [1.165, 1.54) is 18.4 Å². The van der Waals surface area contributed by atoms with E-state index in [4.69, 9.17) is 4.74 Å². The summed E-state index contributed by atoms with van der Waals surface area (Å²) in [7, 11) is 1.64. The number of carbonyl (C=O) groups is 2. The number of benzene rings is 2. The standard InChI is InChI=1S/C25H28N2O3/c1-25(2)14-19-9-10-20(30-3)12-21(19)22(27-25)13-23(28)17-5-4-6-18(11-17)24(29)26-15-16-7-8-16/h4-6,9-13,16,27H,7-8,14-15H2,1-3H3,(H,26,29). The number of ketones is 1. The molecule has 0 atom stereocenters. The lowest BCUT2D eigenvalue weighted by atomic mass is 9.85.